The van der Waals surface area contributed by atoms with Crippen LogP contribution in [0.1, 0.15) is 91.0 Å². The number of carbonyl (C=O) groups is 5. The number of para-hydroxylation sites is 1. The number of nitrogens with two attached hydrogens (primary N) is 1. The maximum atomic E-state index is 13.8. The molecule has 5 fully saturated rings. The van der Waals surface area contributed by atoms with Crippen molar-refractivity contribution < 1.29 is 28.7 Å². The van der Waals surface area contributed by atoms with E-state index in [1.807, 2.05) is 60.7 Å². The van der Waals surface area contributed by atoms with E-state index in [4.69, 9.17) is 20.6 Å². The molecule has 0 bridgehead atoms. The average Bonchev–Trinajstić information content (AvgIpc) is 3.89. The monoisotopic (exact) mass is 933 g/mol. The summed E-state index contributed by atoms with van der Waals surface area (Å²) in [6, 6.07) is 22.4. The minimum absolute atomic E-state index is 0.0916. The number of hydrogen-bond acceptors (Lipinski definition) is 12. The van der Waals surface area contributed by atoms with E-state index in [-0.39, 0.29) is 24.9 Å². The van der Waals surface area contributed by atoms with Crippen molar-refractivity contribution >= 4 is 52.2 Å². The number of nitrogens with one attached hydrogen (secondary N) is 1. The molecule has 11 rings (SSSR count). The number of benzene rings is 3. The summed E-state index contributed by atoms with van der Waals surface area (Å²) in [4.78, 5) is 83.7. The van der Waals surface area contributed by atoms with E-state index in [2.05, 4.69) is 34.6 Å². The normalized spacial score (nSPS) is 22.4. The molecule has 17 heteroatoms. The van der Waals surface area contributed by atoms with Crippen molar-refractivity contribution in [3.63, 3.8) is 0 Å². The molecule has 5 saturated heterocycles. The zero-order chi connectivity index (χ0) is 47.2. The van der Waals surface area contributed by atoms with Gasteiger partial charge in [-0.15, -0.1) is 0 Å². The third-order valence-corrected chi connectivity index (χ3v) is 15.7. The largest absolute Gasteiger partial charge is 0.457 e. The molecule has 2 atom stereocenters. The SMILES string of the molecule is Nc1ncnc2c1c(-c1ccc(Oc3ccccc3)cc1)nn2C1CCCN(CC2CCN(C(=O)N3CCC(C4CCN(c5ccc6c(c5)C(=O)N(C5CCC(=O)NC5=O)C6=O)CC4)CC3)CC2)C1. The number of hydrogen-bond donors (Lipinski definition) is 2. The molecule has 8 heterocycles. The van der Waals surface area contributed by atoms with Gasteiger partial charge in [0.1, 0.15) is 35.4 Å². The van der Waals surface area contributed by atoms with Gasteiger partial charge in [0.15, 0.2) is 5.65 Å². The van der Waals surface area contributed by atoms with Crippen LogP contribution >= 0.6 is 0 Å². The quantitative estimate of drug-likeness (QED) is 0.156. The summed E-state index contributed by atoms with van der Waals surface area (Å²) in [6.07, 6.45) is 9.89. The Balaban J connectivity index is 0.638. The Morgan fingerprint density at radius 1 is 0.725 bits per heavy atom. The lowest BCUT2D eigenvalue weighted by molar-refractivity contribution is -0.136. The molecule has 0 saturated carbocycles. The third-order valence-electron chi connectivity index (χ3n) is 15.7. The van der Waals surface area contributed by atoms with Gasteiger partial charge in [0.25, 0.3) is 11.8 Å². The second kappa shape index (κ2) is 18.9. The van der Waals surface area contributed by atoms with Gasteiger partial charge in [-0.3, -0.25) is 29.4 Å². The smallest absolute Gasteiger partial charge is 0.319 e. The Morgan fingerprint density at radius 3 is 2.13 bits per heavy atom. The second-order valence-corrected chi connectivity index (χ2v) is 19.8. The molecule has 6 aliphatic rings. The molecule has 6 amide bonds. The Bertz CT molecular complexity index is 2760. The molecule has 358 valence electrons. The van der Waals surface area contributed by atoms with Gasteiger partial charge in [-0.1, -0.05) is 18.2 Å². The predicted octanol–water partition coefficient (Wildman–Crippen LogP) is 6.37. The fraction of sp³-hybridized carbons (Fsp3) is 0.462. The summed E-state index contributed by atoms with van der Waals surface area (Å²) in [5, 5.41) is 8.20. The van der Waals surface area contributed by atoms with Crippen LogP contribution in [-0.2, 0) is 9.59 Å². The lowest BCUT2D eigenvalue weighted by Crippen LogP contribution is -2.54. The maximum Gasteiger partial charge on any atom is 0.319 e. The van der Waals surface area contributed by atoms with Gasteiger partial charge < -0.3 is 30.1 Å². The van der Waals surface area contributed by atoms with Crippen molar-refractivity contribution in [1.82, 2.24) is 44.7 Å². The molecule has 3 aromatic carbocycles. The third kappa shape index (κ3) is 8.88. The number of piperidine rings is 5. The molecule has 3 N–H and O–H groups in total. The molecule has 0 spiro atoms. The number of nitrogen functional groups attached to an aromatic ring is 1. The molecule has 17 nitrogen and oxygen atoms in total. The lowest BCUT2D eigenvalue weighted by atomic mass is 9.78. The van der Waals surface area contributed by atoms with E-state index in [0.29, 0.717) is 34.7 Å². The first-order valence-electron chi connectivity index (χ1n) is 24.8. The summed E-state index contributed by atoms with van der Waals surface area (Å²) in [6.45, 7) is 7.77. The van der Waals surface area contributed by atoms with Gasteiger partial charge >= 0.3 is 6.03 Å². The van der Waals surface area contributed by atoms with Crippen molar-refractivity contribution in [1.29, 1.82) is 0 Å². The van der Waals surface area contributed by atoms with Gasteiger partial charge in [0, 0.05) is 70.0 Å². The first-order chi connectivity index (χ1) is 33.6. The predicted molar refractivity (Wildman–Crippen MR) is 258 cm³/mol. The molecule has 2 aromatic heterocycles. The number of anilines is 2. The van der Waals surface area contributed by atoms with Crippen LogP contribution in [0.15, 0.2) is 79.1 Å². The Morgan fingerprint density at radius 2 is 1.41 bits per heavy atom. The van der Waals surface area contributed by atoms with Crippen LogP contribution < -0.4 is 20.7 Å². The number of nitrogens with zero attached hydrogens (tertiary/aromatic N) is 9. The van der Waals surface area contributed by atoms with Crippen LogP contribution in [0.5, 0.6) is 11.5 Å². The van der Waals surface area contributed by atoms with E-state index in [1.165, 1.54) is 6.33 Å². The van der Waals surface area contributed by atoms with Gasteiger partial charge in [-0.25, -0.2) is 19.4 Å². The molecule has 5 aromatic rings. The lowest BCUT2D eigenvalue weighted by Gasteiger charge is -2.43. The second-order valence-electron chi connectivity index (χ2n) is 19.8. The standard InChI is InChI=1S/C52H59N11O6/c53-47-45-46(36-8-11-40(12-9-36)69-39-6-2-1-3-7-39)57-63(48(45)55-32-54-47)38-5-4-22-58(31-38)30-33-16-23-60(24-17-33)52(68)61-27-20-35(21-28-61)34-18-25-59(26-19-34)37-10-13-41-42(29-37)51(67)62(50(41)66)43-14-15-44(64)56-49(43)65/h1-3,6-13,29,32-35,38,43H,4-5,14-28,30-31H2,(H2,53,54,55)(H,56,64,65). The highest BCUT2D eigenvalue weighted by molar-refractivity contribution is 6.23. The van der Waals surface area contributed by atoms with E-state index < -0.39 is 29.7 Å². The van der Waals surface area contributed by atoms with E-state index in [0.717, 1.165) is 155 Å². The summed E-state index contributed by atoms with van der Waals surface area (Å²) in [5.74, 6) is 1.64. The van der Waals surface area contributed by atoms with Crippen LogP contribution in [0.2, 0.25) is 0 Å². The number of urea groups is 1. The van der Waals surface area contributed by atoms with Crippen molar-refractivity contribution in [3.8, 4) is 22.8 Å². The summed E-state index contributed by atoms with van der Waals surface area (Å²) >= 11 is 0. The molecule has 69 heavy (non-hydrogen) atoms. The number of imide groups is 2. The van der Waals surface area contributed by atoms with E-state index >= 15 is 0 Å². The van der Waals surface area contributed by atoms with Gasteiger partial charge in [0.2, 0.25) is 11.8 Å². The number of likely N-dealkylation sites (tertiary alicyclic amines) is 3. The van der Waals surface area contributed by atoms with Gasteiger partial charge in [0.05, 0.1) is 22.6 Å². The summed E-state index contributed by atoms with van der Waals surface area (Å²) < 4.78 is 8.11. The van der Waals surface area contributed by atoms with Crippen LogP contribution in [0.3, 0.4) is 0 Å². The number of fused-ring (bicyclic) bond motifs is 2. The minimum atomic E-state index is -0.975. The summed E-state index contributed by atoms with van der Waals surface area (Å²) in [5.41, 5.74) is 10.5. The van der Waals surface area contributed by atoms with Crippen molar-refractivity contribution in [2.24, 2.45) is 17.8 Å². The maximum absolute atomic E-state index is 13.8. The molecule has 0 radical (unpaired) electrons. The van der Waals surface area contributed by atoms with E-state index in [9.17, 15) is 24.0 Å². The first-order valence-corrected chi connectivity index (χ1v) is 24.8. The van der Waals surface area contributed by atoms with Crippen LogP contribution in [0, 0.1) is 17.8 Å². The number of ether oxygens (including phenoxy) is 1. The molecule has 6 aliphatic heterocycles. The zero-order valence-electron chi connectivity index (χ0n) is 38.9. The average molecular weight is 934 g/mol. The van der Waals surface area contributed by atoms with Crippen molar-refractivity contribution in [2.45, 2.75) is 76.3 Å². The van der Waals surface area contributed by atoms with Gasteiger partial charge in [-0.05, 0) is 137 Å². The van der Waals surface area contributed by atoms with Crippen LogP contribution in [-0.4, -0.2) is 134 Å². The fourth-order valence-corrected chi connectivity index (χ4v) is 11.9. The summed E-state index contributed by atoms with van der Waals surface area (Å²) in [7, 11) is 0. The van der Waals surface area contributed by atoms with Crippen molar-refractivity contribution in [3.05, 3.63) is 90.3 Å². The molecular weight excluding hydrogens is 875 g/mol. The number of rotatable bonds is 9. The molecule has 2 unspecified atom stereocenters. The van der Waals surface area contributed by atoms with Crippen LogP contribution in [0.25, 0.3) is 22.3 Å². The number of aromatic nitrogens is 4. The van der Waals surface area contributed by atoms with Crippen LogP contribution in [0.4, 0.5) is 16.3 Å². The van der Waals surface area contributed by atoms with Gasteiger partial charge in [-0.2, -0.15) is 5.10 Å². The molecule has 0 aliphatic carbocycles. The highest BCUT2D eigenvalue weighted by Crippen LogP contribution is 2.38. The highest BCUT2D eigenvalue weighted by atomic mass is 16.5. The Labute approximate surface area is 400 Å². The number of amides is 6. The van der Waals surface area contributed by atoms with Crippen molar-refractivity contribution in [2.75, 3.05) is 69.5 Å². The van der Waals surface area contributed by atoms with E-state index in [1.54, 1.807) is 12.1 Å². The zero-order valence-corrected chi connectivity index (χ0v) is 38.9. The Hall–Kier alpha value is -6.88. The minimum Gasteiger partial charge on any atom is -0.457 e. The highest BCUT2D eigenvalue weighted by Gasteiger charge is 2.45. The topological polar surface area (TPSA) is 192 Å². The number of carbonyl (C=O) groups excluding carboxylic acids is 5. The molecular formula is C52H59N11O6. The Kier molecular flexibility index (Phi) is 12.2. The first kappa shape index (κ1) is 44.6. The fourth-order valence-electron chi connectivity index (χ4n) is 11.9.